The molecule has 0 aliphatic carbocycles. The molecule has 7 heteroatoms. The summed E-state index contributed by atoms with van der Waals surface area (Å²) in [6.07, 6.45) is -4.35. The molecule has 0 spiro atoms. The lowest BCUT2D eigenvalue weighted by atomic mass is 10.2. The molecule has 0 unspecified atom stereocenters. The highest BCUT2D eigenvalue weighted by Gasteiger charge is 2.30. The van der Waals surface area contributed by atoms with Gasteiger partial charge in [0.1, 0.15) is 0 Å². The van der Waals surface area contributed by atoms with E-state index in [1.807, 2.05) is 30.3 Å². The standard InChI is InChI=1S/C19H20F3N3O/c20-19(21,22)15-6-8-16(9-7-15)23-14-18(26)25-12-10-24(11-13-25)17-4-2-1-3-5-17/h1-9,23H,10-14H2. The Labute approximate surface area is 150 Å². The van der Waals surface area contributed by atoms with Crippen molar-refractivity contribution in [2.75, 3.05) is 42.9 Å². The van der Waals surface area contributed by atoms with Gasteiger partial charge < -0.3 is 15.1 Å². The van der Waals surface area contributed by atoms with E-state index in [2.05, 4.69) is 10.2 Å². The molecular weight excluding hydrogens is 343 g/mol. The molecule has 1 N–H and O–H groups in total. The molecule has 0 radical (unpaired) electrons. The molecule has 0 aromatic heterocycles. The van der Waals surface area contributed by atoms with Crippen LogP contribution < -0.4 is 10.2 Å². The SMILES string of the molecule is O=C(CNc1ccc(C(F)(F)F)cc1)N1CCN(c2ccccc2)CC1. The molecule has 26 heavy (non-hydrogen) atoms. The molecule has 0 bridgehead atoms. The fourth-order valence-corrected chi connectivity index (χ4v) is 2.92. The largest absolute Gasteiger partial charge is 0.416 e. The highest BCUT2D eigenvalue weighted by Crippen LogP contribution is 2.29. The third kappa shape index (κ3) is 4.47. The van der Waals surface area contributed by atoms with E-state index in [4.69, 9.17) is 0 Å². The van der Waals surface area contributed by atoms with E-state index in [0.717, 1.165) is 30.9 Å². The number of carbonyl (C=O) groups is 1. The zero-order chi connectivity index (χ0) is 18.6. The van der Waals surface area contributed by atoms with E-state index in [-0.39, 0.29) is 12.5 Å². The Morgan fingerprint density at radius 2 is 1.54 bits per heavy atom. The Morgan fingerprint density at radius 1 is 0.923 bits per heavy atom. The number of alkyl halides is 3. The maximum atomic E-state index is 12.5. The summed E-state index contributed by atoms with van der Waals surface area (Å²) < 4.78 is 37.6. The molecule has 2 aromatic rings. The van der Waals surface area contributed by atoms with E-state index < -0.39 is 11.7 Å². The number of nitrogens with zero attached hydrogens (tertiary/aromatic N) is 2. The summed E-state index contributed by atoms with van der Waals surface area (Å²) in [4.78, 5) is 16.3. The van der Waals surface area contributed by atoms with Gasteiger partial charge in [-0.05, 0) is 36.4 Å². The first-order valence-corrected chi connectivity index (χ1v) is 8.42. The predicted octanol–water partition coefficient (Wildman–Crippen LogP) is 3.47. The fourth-order valence-electron chi connectivity index (χ4n) is 2.92. The molecule has 138 valence electrons. The third-order valence-electron chi connectivity index (χ3n) is 4.41. The summed E-state index contributed by atoms with van der Waals surface area (Å²) in [5.41, 5.74) is 0.933. The maximum Gasteiger partial charge on any atom is 0.416 e. The average molecular weight is 363 g/mol. The van der Waals surface area contributed by atoms with Gasteiger partial charge in [0.25, 0.3) is 0 Å². The van der Waals surface area contributed by atoms with E-state index in [0.29, 0.717) is 18.8 Å². The minimum absolute atomic E-state index is 0.0578. The second kappa shape index (κ2) is 7.68. The Kier molecular flexibility index (Phi) is 5.35. The van der Waals surface area contributed by atoms with Crippen LogP contribution in [0.4, 0.5) is 24.5 Å². The van der Waals surface area contributed by atoms with Crippen LogP contribution in [-0.4, -0.2) is 43.5 Å². The first-order valence-electron chi connectivity index (χ1n) is 8.42. The Morgan fingerprint density at radius 3 is 2.12 bits per heavy atom. The summed E-state index contributed by atoms with van der Waals surface area (Å²) >= 11 is 0. The maximum absolute atomic E-state index is 12.5. The number of para-hydroxylation sites is 1. The van der Waals surface area contributed by atoms with Crippen LogP contribution in [0.3, 0.4) is 0 Å². The van der Waals surface area contributed by atoms with Crippen LogP contribution >= 0.6 is 0 Å². The molecule has 1 heterocycles. The lowest BCUT2D eigenvalue weighted by Crippen LogP contribution is -2.50. The molecule has 4 nitrogen and oxygen atoms in total. The molecule has 1 saturated heterocycles. The summed E-state index contributed by atoms with van der Waals surface area (Å²) in [5, 5.41) is 2.89. The van der Waals surface area contributed by atoms with Crippen molar-refractivity contribution in [2.45, 2.75) is 6.18 Å². The van der Waals surface area contributed by atoms with Crippen LogP contribution in [0, 0.1) is 0 Å². The van der Waals surface area contributed by atoms with Crippen LogP contribution in [-0.2, 0) is 11.0 Å². The number of anilines is 2. The number of amides is 1. The number of rotatable bonds is 4. The van der Waals surface area contributed by atoms with Gasteiger partial charge in [0.15, 0.2) is 0 Å². The van der Waals surface area contributed by atoms with Gasteiger partial charge in [-0.2, -0.15) is 13.2 Å². The van der Waals surface area contributed by atoms with Gasteiger partial charge in [0.05, 0.1) is 12.1 Å². The average Bonchev–Trinajstić information content (AvgIpc) is 2.66. The minimum Gasteiger partial charge on any atom is -0.376 e. The van der Waals surface area contributed by atoms with Crippen molar-refractivity contribution in [3.8, 4) is 0 Å². The van der Waals surface area contributed by atoms with Crippen LogP contribution in [0.15, 0.2) is 54.6 Å². The smallest absolute Gasteiger partial charge is 0.376 e. The first-order chi connectivity index (χ1) is 12.4. The van der Waals surface area contributed by atoms with Gasteiger partial charge in [0, 0.05) is 37.6 Å². The zero-order valence-electron chi connectivity index (χ0n) is 14.2. The zero-order valence-corrected chi connectivity index (χ0v) is 14.2. The summed E-state index contributed by atoms with van der Waals surface area (Å²) in [7, 11) is 0. The number of hydrogen-bond donors (Lipinski definition) is 1. The monoisotopic (exact) mass is 363 g/mol. The lowest BCUT2D eigenvalue weighted by Gasteiger charge is -2.36. The van der Waals surface area contributed by atoms with Crippen LogP contribution in [0.1, 0.15) is 5.56 Å². The van der Waals surface area contributed by atoms with Crippen molar-refractivity contribution in [3.63, 3.8) is 0 Å². The second-order valence-corrected chi connectivity index (χ2v) is 6.13. The van der Waals surface area contributed by atoms with Gasteiger partial charge in [-0.1, -0.05) is 18.2 Å². The lowest BCUT2D eigenvalue weighted by molar-refractivity contribution is -0.137. The van der Waals surface area contributed by atoms with Crippen molar-refractivity contribution in [2.24, 2.45) is 0 Å². The number of nitrogens with one attached hydrogen (secondary N) is 1. The Hall–Kier alpha value is -2.70. The second-order valence-electron chi connectivity index (χ2n) is 6.13. The molecular formula is C19H20F3N3O. The summed E-state index contributed by atoms with van der Waals surface area (Å²) in [6.45, 7) is 2.84. The predicted molar refractivity (Wildman–Crippen MR) is 95.2 cm³/mol. The fraction of sp³-hybridized carbons (Fsp3) is 0.316. The number of halogens is 3. The number of hydrogen-bond acceptors (Lipinski definition) is 3. The summed E-state index contributed by atoms with van der Waals surface area (Å²) in [6, 6.07) is 14.7. The first kappa shape index (κ1) is 18.1. The Bertz CT molecular complexity index is 724. The molecule has 0 saturated carbocycles. The number of benzene rings is 2. The van der Waals surface area contributed by atoms with E-state index >= 15 is 0 Å². The van der Waals surface area contributed by atoms with Crippen molar-refractivity contribution in [1.82, 2.24) is 4.90 Å². The van der Waals surface area contributed by atoms with E-state index in [1.165, 1.54) is 12.1 Å². The van der Waals surface area contributed by atoms with Gasteiger partial charge in [0.2, 0.25) is 5.91 Å². The van der Waals surface area contributed by atoms with Crippen molar-refractivity contribution in [1.29, 1.82) is 0 Å². The third-order valence-corrected chi connectivity index (χ3v) is 4.41. The minimum atomic E-state index is -4.35. The van der Waals surface area contributed by atoms with Crippen LogP contribution in [0.5, 0.6) is 0 Å². The molecule has 1 aliphatic rings. The molecule has 3 rings (SSSR count). The normalized spacial score (nSPS) is 15.0. The van der Waals surface area contributed by atoms with Crippen molar-refractivity contribution in [3.05, 3.63) is 60.2 Å². The molecule has 0 atom stereocenters. The molecule has 1 aliphatic heterocycles. The van der Waals surface area contributed by atoms with E-state index in [1.54, 1.807) is 4.90 Å². The highest BCUT2D eigenvalue weighted by atomic mass is 19.4. The molecule has 1 amide bonds. The summed E-state index contributed by atoms with van der Waals surface area (Å²) in [5.74, 6) is -0.0578. The Balaban J connectivity index is 1.47. The van der Waals surface area contributed by atoms with Gasteiger partial charge in [-0.3, -0.25) is 4.79 Å². The van der Waals surface area contributed by atoms with Gasteiger partial charge in [-0.25, -0.2) is 0 Å². The number of carbonyl (C=O) groups excluding carboxylic acids is 1. The van der Waals surface area contributed by atoms with E-state index in [9.17, 15) is 18.0 Å². The molecule has 2 aromatic carbocycles. The van der Waals surface area contributed by atoms with Crippen LogP contribution in [0.2, 0.25) is 0 Å². The van der Waals surface area contributed by atoms with Crippen molar-refractivity contribution >= 4 is 17.3 Å². The van der Waals surface area contributed by atoms with Gasteiger partial charge in [-0.15, -0.1) is 0 Å². The van der Waals surface area contributed by atoms with Crippen molar-refractivity contribution < 1.29 is 18.0 Å². The quantitative estimate of drug-likeness (QED) is 0.904. The van der Waals surface area contributed by atoms with Crippen LogP contribution in [0.25, 0.3) is 0 Å². The number of piperazine rings is 1. The topological polar surface area (TPSA) is 35.6 Å². The molecule has 1 fully saturated rings. The highest BCUT2D eigenvalue weighted by molar-refractivity contribution is 5.81. The van der Waals surface area contributed by atoms with Gasteiger partial charge >= 0.3 is 6.18 Å².